The summed E-state index contributed by atoms with van der Waals surface area (Å²) >= 11 is 0. The molecule has 0 radical (unpaired) electrons. The first kappa shape index (κ1) is 15.1. The maximum atomic E-state index is 12.5. The highest BCUT2D eigenvalue weighted by molar-refractivity contribution is 5.89. The van der Waals surface area contributed by atoms with Crippen LogP contribution in [0.4, 0.5) is 10.5 Å². The standard InChI is InChI=1S/C16H23N3O3/c1-3-18-9-4-6-13(14(18)20)17-15(21)19-10-12(2)22-16(11-19)7-5-8-16/h4,6,9,12H,3,5,7-8,10-11H2,1-2H3,(H,17,21). The van der Waals surface area contributed by atoms with Crippen LogP contribution in [0.25, 0.3) is 0 Å². The Morgan fingerprint density at radius 2 is 2.27 bits per heavy atom. The van der Waals surface area contributed by atoms with Crippen molar-refractivity contribution in [3.8, 4) is 0 Å². The topological polar surface area (TPSA) is 63.6 Å². The highest BCUT2D eigenvalue weighted by atomic mass is 16.5. The Bertz CT molecular complexity index is 621. The fourth-order valence-electron chi connectivity index (χ4n) is 3.30. The molecule has 1 aliphatic carbocycles. The zero-order valence-electron chi connectivity index (χ0n) is 13.2. The van der Waals surface area contributed by atoms with E-state index < -0.39 is 0 Å². The number of hydrogen-bond donors (Lipinski definition) is 1. The van der Waals surface area contributed by atoms with Crippen molar-refractivity contribution >= 4 is 11.7 Å². The van der Waals surface area contributed by atoms with Gasteiger partial charge in [-0.1, -0.05) is 0 Å². The van der Waals surface area contributed by atoms with Crippen molar-refractivity contribution in [1.82, 2.24) is 9.47 Å². The van der Waals surface area contributed by atoms with Gasteiger partial charge in [-0.25, -0.2) is 4.79 Å². The van der Waals surface area contributed by atoms with Crippen molar-refractivity contribution < 1.29 is 9.53 Å². The number of carbonyl (C=O) groups is 1. The van der Waals surface area contributed by atoms with Gasteiger partial charge in [-0.3, -0.25) is 4.79 Å². The lowest BCUT2D eigenvalue weighted by atomic mass is 9.78. The van der Waals surface area contributed by atoms with E-state index in [4.69, 9.17) is 4.74 Å². The predicted molar refractivity (Wildman–Crippen MR) is 84.1 cm³/mol. The summed E-state index contributed by atoms with van der Waals surface area (Å²) in [5, 5.41) is 2.76. The Labute approximate surface area is 130 Å². The van der Waals surface area contributed by atoms with Gasteiger partial charge in [-0.2, -0.15) is 0 Å². The second kappa shape index (κ2) is 5.76. The molecule has 1 N–H and O–H groups in total. The van der Waals surface area contributed by atoms with E-state index in [1.54, 1.807) is 27.8 Å². The molecule has 0 bridgehead atoms. The first-order valence-corrected chi connectivity index (χ1v) is 7.96. The average molecular weight is 305 g/mol. The van der Waals surface area contributed by atoms with Crippen LogP contribution < -0.4 is 10.9 Å². The second-order valence-corrected chi connectivity index (χ2v) is 6.29. The van der Waals surface area contributed by atoms with Crippen molar-refractivity contribution in [3.05, 3.63) is 28.7 Å². The monoisotopic (exact) mass is 305 g/mol. The summed E-state index contributed by atoms with van der Waals surface area (Å²) in [6, 6.07) is 3.21. The van der Waals surface area contributed by atoms with Gasteiger partial charge >= 0.3 is 6.03 Å². The minimum absolute atomic E-state index is 0.0304. The molecular formula is C16H23N3O3. The molecule has 120 valence electrons. The van der Waals surface area contributed by atoms with Crippen LogP contribution in [0.3, 0.4) is 0 Å². The van der Waals surface area contributed by atoms with Crippen LogP contribution in [0.2, 0.25) is 0 Å². The summed E-state index contributed by atoms with van der Waals surface area (Å²) in [7, 11) is 0. The largest absolute Gasteiger partial charge is 0.368 e. The molecule has 1 spiro atoms. The first-order valence-electron chi connectivity index (χ1n) is 7.96. The first-order chi connectivity index (χ1) is 10.5. The third-order valence-electron chi connectivity index (χ3n) is 4.56. The molecule has 2 aliphatic rings. The number of anilines is 1. The van der Waals surface area contributed by atoms with E-state index in [1.807, 2.05) is 13.8 Å². The van der Waals surface area contributed by atoms with Crippen LogP contribution in [-0.2, 0) is 11.3 Å². The summed E-state index contributed by atoms with van der Waals surface area (Å²) in [4.78, 5) is 26.5. The summed E-state index contributed by atoms with van der Waals surface area (Å²) in [6.45, 7) is 5.64. The van der Waals surface area contributed by atoms with Crippen LogP contribution in [-0.4, -0.2) is 40.3 Å². The number of hydrogen-bond acceptors (Lipinski definition) is 3. The smallest absolute Gasteiger partial charge is 0.322 e. The van der Waals surface area contributed by atoms with Gasteiger partial charge in [0.2, 0.25) is 0 Å². The fraction of sp³-hybridized carbons (Fsp3) is 0.625. The summed E-state index contributed by atoms with van der Waals surface area (Å²) in [5.74, 6) is 0. The summed E-state index contributed by atoms with van der Waals surface area (Å²) < 4.78 is 7.59. The van der Waals surface area contributed by atoms with Gasteiger partial charge in [0.25, 0.3) is 5.56 Å². The minimum Gasteiger partial charge on any atom is -0.368 e. The molecule has 1 saturated heterocycles. The number of aromatic nitrogens is 1. The van der Waals surface area contributed by atoms with Crippen molar-refractivity contribution in [2.45, 2.75) is 51.4 Å². The van der Waals surface area contributed by atoms with E-state index in [0.29, 0.717) is 25.3 Å². The molecule has 1 aliphatic heterocycles. The van der Waals surface area contributed by atoms with Crippen molar-refractivity contribution in [1.29, 1.82) is 0 Å². The molecule has 1 atom stereocenters. The van der Waals surface area contributed by atoms with E-state index in [1.165, 1.54) is 0 Å². The molecule has 1 saturated carbocycles. The van der Waals surface area contributed by atoms with E-state index in [0.717, 1.165) is 19.3 Å². The summed E-state index contributed by atoms with van der Waals surface area (Å²) in [6.07, 6.45) is 4.92. The maximum absolute atomic E-state index is 12.5. The number of carbonyl (C=O) groups excluding carboxylic acids is 1. The Morgan fingerprint density at radius 3 is 2.91 bits per heavy atom. The SMILES string of the molecule is CCn1cccc(NC(=O)N2CC(C)OC3(CCC3)C2)c1=O. The highest BCUT2D eigenvalue weighted by Crippen LogP contribution is 2.39. The van der Waals surface area contributed by atoms with Gasteiger partial charge in [0, 0.05) is 19.3 Å². The molecule has 1 unspecified atom stereocenters. The normalized spacial score (nSPS) is 23.2. The van der Waals surface area contributed by atoms with E-state index in [2.05, 4.69) is 5.32 Å². The summed E-state index contributed by atoms with van der Waals surface area (Å²) in [5.41, 5.74) is 0.00385. The van der Waals surface area contributed by atoms with Gasteiger partial charge in [0.1, 0.15) is 5.69 Å². The number of pyridine rings is 1. The number of urea groups is 1. The van der Waals surface area contributed by atoms with Gasteiger partial charge in [0.05, 0.1) is 18.2 Å². The van der Waals surface area contributed by atoms with E-state index >= 15 is 0 Å². The van der Waals surface area contributed by atoms with Crippen LogP contribution in [0.5, 0.6) is 0 Å². The molecule has 1 aromatic rings. The Kier molecular flexibility index (Phi) is 3.95. The molecular weight excluding hydrogens is 282 g/mol. The molecule has 6 heteroatoms. The van der Waals surface area contributed by atoms with Crippen molar-refractivity contribution in [3.63, 3.8) is 0 Å². The van der Waals surface area contributed by atoms with E-state index in [-0.39, 0.29) is 23.3 Å². The Morgan fingerprint density at radius 1 is 1.50 bits per heavy atom. The number of rotatable bonds is 2. The number of amides is 2. The molecule has 2 heterocycles. The number of nitrogens with one attached hydrogen (secondary N) is 1. The lowest BCUT2D eigenvalue weighted by molar-refractivity contribution is -0.174. The van der Waals surface area contributed by atoms with Crippen LogP contribution >= 0.6 is 0 Å². The fourth-order valence-corrected chi connectivity index (χ4v) is 3.30. The van der Waals surface area contributed by atoms with Crippen molar-refractivity contribution in [2.75, 3.05) is 18.4 Å². The third kappa shape index (κ3) is 2.75. The van der Waals surface area contributed by atoms with E-state index in [9.17, 15) is 9.59 Å². The lowest BCUT2D eigenvalue weighted by Crippen LogP contribution is -2.60. The van der Waals surface area contributed by atoms with Crippen LogP contribution in [0.1, 0.15) is 33.1 Å². The molecule has 0 aromatic carbocycles. The lowest BCUT2D eigenvalue weighted by Gasteiger charge is -2.50. The van der Waals surface area contributed by atoms with Gasteiger partial charge in [-0.15, -0.1) is 0 Å². The Hall–Kier alpha value is -1.82. The average Bonchev–Trinajstić information content (AvgIpc) is 2.47. The second-order valence-electron chi connectivity index (χ2n) is 6.29. The zero-order valence-corrected chi connectivity index (χ0v) is 13.2. The highest BCUT2D eigenvalue weighted by Gasteiger charge is 2.45. The molecule has 2 amide bonds. The quantitative estimate of drug-likeness (QED) is 0.909. The number of nitrogens with zero attached hydrogens (tertiary/aromatic N) is 2. The molecule has 2 fully saturated rings. The molecule has 22 heavy (non-hydrogen) atoms. The predicted octanol–water partition coefficient (Wildman–Crippen LogP) is 2.04. The molecule has 3 rings (SSSR count). The number of morpholine rings is 1. The molecule has 6 nitrogen and oxygen atoms in total. The maximum Gasteiger partial charge on any atom is 0.322 e. The zero-order chi connectivity index (χ0) is 15.7. The van der Waals surface area contributed by atoms with Crippen LogP contribution in [0.15, 0.2) is 23.1 Å². The van der Waals surface area contributed by atoms with Gasteiger partial charge in [-0.05, 0) is 45.2 Å². The van der Waals surface area contributed by atoms with Crippen molar-refractivity contribution in [2.24, 2.45) is 0 Å². The number of ether oxygens (including phenoxy) is 1. The van der Waals surface area contributed by atoms with Crippen LogP contribution in [0, 0.1) is 0 Å². The number of aryl methyl sites for hydroxylation is 1. The van der Waals surface area contributed by atoms with Gasteiger partial charge < -0.3 is 19.5 Å². The molecule has 1 aromatic heterocycles. The Balaban J connectivity index is 1.73. The third-order valence-corrected chi connectivity index (χ3v) is 4.56. The van der Waals surface area contributed by atoms with Gasteiger partial charge in [0.15, 0.2) is 0 Å². The minimum atomic E-state index is -0.215.